The Balaban J connectivity index is -0.000000168. The topological polar surface area (TPSA) is 80.3 Å². The van der Waals surface area contributed by atoms with E-state index in [1.165, 1.54) is 12.3 Å². The third-order valence-corrected chi connectivity index (χ3v) is 0.355. The molecule has 4 nitrogen and oxygen atoms in total. The molecule has 0 aliphatic rings. The maximum Gasteiger partial charge on any atom is 0.0643 e. The zero-order valence-electron chi connectivity index (χ0n) is 8.62. The lowest BCUT2D eigenvalue weighted by molar-refractivity contribution is -0.301. The van der Waals surface area contributed by atoms with E-state index in [1.807, 2.05) is 18.5 Å². The van der Waals surface area contributed by atoms with Crippen LogP contribution in [-0.4, -0.2) is 24.3 Å². The van der Waals surface area contributed by atoms with E-state index < -0.39 is 11.9 Å². The predicted molar refractivity (Wildman–Crippen MR) is 62.4 cm³/mol. The van der Waals surface area contributed by atoms with Gasteiger partial charge in [0.15, 0.2) is 0 Å². The van der Waals surface area contributed by atoms with Gasteiger partial charge in [0.25, 0.3) is 0 Å². The molecule has 0 amide bonds. The van der Waals surface area contributed by atoms with E-state index in [0.717, 1.165) is 0 Å². The van der Waals surface area contributed by atoms with E-state index in [1.54, 1.807) is 0 Å². The summed E-state index contributed by atoms with van der Waals surface area (Å²) in [5.74, 6) is -3.09. The fraction of sp³-hybridized carbons (Fsp3) is 0.500. The summed E-state index contributed by atoms with van der Waals surface area (Å²) in [6.07, 6.45) is 3.32. The first-order valence-electron chi connectivity index (χ1n) is 4.14. The molecular formula is C8H18O4P2. The van der Waals surface area contributed by atoms with Gasteiger partial charge in [-0.2, -0.15) is 0 Å². The molecule has 0 radical (unpaired) electrons. The van der Waals surface area contributed by atoms with Crippen LogP contribution in [0.25, 0.3) is 0 Å². The van der Waals surface area contributed by atoms with Gasteiger partial charge >= 0.3 is 0 Å². The summed E-state index contributed by atoms with van der Waals surface area (Å²) < 4.78 is 0. The predicted octanol–water partition coefficient (Wildman–Crippen LogP) is -1.73. The molecule has 0 bridgehead atoms. The zero-order valence-corrected chi connectivity index (χ0v) is 11.4. The second-order valence-electron chi connectivity index (χ2n) is 1.97. The molecule has 0 fully saturated rings. The highest BCUT2D eigenvalue weighted by Gasteiger charge is 1.71. The van der Waals surface area contributed by atoms with Gasteiger partial charge in [0.2, 0.25) is 0 Å². The first-order chi connectivity index (χ1) is 6.45. The zero-order chi connectivity index (χ0) is 12.0. The van der Waals surface area contributed by atoms with E-state index in [-0.39, 0.29) is 0 Å². The molecule has 6 heteroatoms. The van der Waals surface area contributed by atoms with E-state index in [0.29, 0.717) is 12.2 Å². The van der Waals surface area contributed by atoms with Crippen molar-refractivity contribution >= 4 is 30.4 Å². The summed E-state index contributed by atoms with van der Waals surface area (Å²) in [4.78, 5) is 18.8. The highest BCUT2D eigenvalue weighted by atomic mass is 31.0. The summed E-state index contributed by atoms with van der Waals surface area (Å²) in [5.41, 5.74) is 0. The lowest BCUT2D eigenvalue weighted by Gasteiger charge is -1.90. The lowest BCUT2D eigenvalue weighted by Crippen LogP contribution is -2.23. The minimum atomic E-state index is -1.55. The Labute approximate surface area is 89.2 Å². The highest BCUT2D eigenvalue weighted by molar-refractivity contribution is 7.16. The van der Waals surface area contributed by atoms with Crippen LogP contribution in [0.5, 0.6) is 0 Å². The van der Waals surface area contributed by atoms with Crippen LogP contribution in [-0.2, 0) is 9.59 Å². The number of hydrogen-bond acceptors (Lipinski definition) is 4. The number of aliphatic carboxylic acids is 2. The van der Waals surface area contributed by atoms with Crippen LogP contribution < -0.4 is 10.2 Å². The molecule has 0 saturated heterocycles. The Morgan fingerprint density at radius 2 is 1.14 bits per heavy atom. The van der Waals surface area contributed by atoms with Gasteiger partial charge < -0.3 is 19.8 Å². The van der Waals surface area contributed by atoms with Gasteiger partial charge in [0, 0.05) is 12.3 Å². The van der Waals surface area contributed by atoms with Crippen LogP contribution in [0.4, 0.5) is 0 Å². The van der Waals surface area contributed by atoms with Gasteiger partial charge in [-0.25, -0.2) is 0 Å². The molecule has 84 valence electrons. The molecular weight excluding hydrogens is 222 g/mol. The standard InChI is InChI=1S/C4H4O4.2C2H7P/c5-3(6)1-2-4(7)8;2*1-2-3/h1-2H,(H,5,6)(H,7,8);2*2-3H2,1H3/b2-1+;;. The van der Waals surface area contributed by atoms with Crippen molar-refractivity contribution < 1.29 is 19.8 Å². The summed E-state index contributed by atoms with van der Waals surface area (Å²) in [7, 11) is 3.95. The molecule has 0 spiro atoms. The van der Waals surface area contributed by atoms with Gasteiger partial charge in [-0.3, -0.25) is 0 Å². The van der Waals surface area contributed by atoms with Crippen LogP contribution in [0.2, 0.25) is 0 Å². The van der Waals surface area contributed by atoms with Crippen molar-refractivity contribution in [3.63, 3.8) is 0 Å². The Morgan fingerprint density at radius 1 is 1.00 bits per heavy atom. The SMILES string of the molecule is CC[PH3+].CC[PH3+].O=C([O-])/C=C/C(=O)[O-]. The smallest absolute Gasteiger partial charge is 0.0643 e. The molecule has 0 saturated carbocycles. The summed E-state index contributed by atoms with van der Waals surface area (Å²) >= 11 is 0. The van der Waals surface area contributed by atoms with Gasteiger partial charge in [-0.1, -0.05) is 0 Å². The first kappa shape index (κ1) is 19.2. The first-order valence-corrected chi connectivity index (χ1v) is 6.14. The lowest BCUT2D eigenvalue weighted by atomic mass is 10.5. The highest BCUT2D eigenvalue weighted by Crippen LogP contribution is 1.68. The largest absolute Gasteiger partial charge is 0.545 e. The van der Waals surface area contributed by atoms with Crippen molar-refractivity contribution in [2.75, 3.05) is 12.3 Å². The van der Waals surface area contributed by atoms with Crippen molar-refractivity contribution in [3.05, 3.63) is 12.2 Å². The van der Waals surface area contributed by atoms with Crippen LogP contribution >= 0.6 is 18.5 Å². The van der Waals surface area contributed by atoms with Crippen LogP contribution in [0, 0.1) is 0 Å². The molecule has 0 aliphatic carbocycles. The maximum atomic E-state index is 9.41. The maximum absolute atomic E-state index is 9.41. The number of carbonyl (C=O) groups is 2. The summed E-state index contributed by atoms with van der Waals surface area (Å²) in [6, 6.07) is 0. The molecule has 0 aromatic rings. The Bertz CT molecular complexity index is 151. The number of carbonyl (C=O) groups excluding carboxylic acids is 2. The van der Waals surface area contributed by atoms with E-state index in [9.17, 15) is 19.8 Å². The van der Waals surface area contributed by atoms with Crippen molar-refractivity contribution in [1.82, 2.24) is 0 Å². The van der Waals surface area contributed by atoms with Gasteiger partial charge in [-0.15, -0.1) is 0 Å². The Morgan fingerprint density at radius 3 is 1.21 bits per heavy atom. The van der Waals surface area contributed by atoms with Crippen molar-refractivity contribution in [1.29, 1.82) is 0 Å². The number of rotatable bonds is 2. The fourth-order valence-corrected chi connectivity index (χ4v) is 0.136. The molecule has 0 rings (SSSR count). The molecule has 14 heavy (non-hydrogen) atoms. The molecule has 0 heterocycles. The van der Waals surface area contributed by atoms with Crippen LogP contribution in [0.1, 0.15) is 13.8 Å². The third kappa shape index (κ3) is 62.2. The normalized spacial score (nSPS) is 8.43. The molecule has 0 aromatic heterocycles. The molecule has 0 N–H and O–H groups in total. The van der Waals surface area contributed by atoms with Crippen molar-refractivity contribution in [3.8, 4) is 0 Å². The monoisotopic (exact) mass is 240 g/mol. The fourth-order valence-electron chi connectivity index (χ4n) is 0.136. The summed E-state index contributed by atoms with van der Waals surface area (Å²) in [5, 5.41) is 18.8. The summed E-state index contributed by atoms with van der Waals surface area (Å²) in [6.45, 7) is 4.27. The van der Waals surface area contributed by atoms with E-state index >= 15 is 0 Å². The van der Waals surface area contributed by atoms with Gasteiger partial charge in [-0.05, 0) is 44.5 Å². The number of carboxylic acids is 2. The Kier molecular flexibility index (Phi) is 25.1. The third-order valence-electron chi connectivity index (χ3n) is 0.355. The van der Waals surface area contributed by atoms with Gasteiger partial charge in [0.1, 0.15) is 0 Å². The number of hydrogen-bond donors (Lipinski definition) is 0. The molecule has 2 atom stereocenters. The molecule has 0 aliphatic heterocycles. The quantitative estimate of drug-likeness (QED) is 0.424. The van der Waals surface area contributed by atoms with Crippen molar-refractivity contribution in [2.24, 2.45) is 0 Å². The van der Waals surface area contributed by atoms with E-state index in [2.05, 4.69) is 13.8 Å². The van der Waals surface area contributed by atoms with Gasteiger partial charge in [0.05, 0.1) is 11.9 Å². The minimum Gasteiger partial charge on any atom is -0.545 e. The second kappa shape index (κ2) is 18.3. The molecule has 0 aromatic carbocycles. The van der Waals surface area contributed by atoms with E-state index in [4.69, 9.17) is 0 Å². The molecule has 2 unspecified atom stereocenters. The average molecular weight is 240 g/mol. The van der Waals surface area contributed by atoms with Crippen LogP contribution in [0.15, 0.2) is 12.2 Å². The Hall–Kier alpha value is -0.460. The van der Waals surface area contributed by atoms with Crippen LogP contribution in [0.3, 0.4) is 0 Å². The second-order valence-corrected chi connectivity index (χ2v) is 3.97. The minimum absolute atomic E-state index is 0.384. The average Bonchev–Trinajstić information content (AvgIpc) is 2.04. The van der Waals surface area contributed by atoms with Crippen molar-refractivity contribution in [2.45, 2.75) is 13.8 Å². The number of carboxylic acid groups (broad SMARTS) is 2.